The third-order valence-electron chi connectivity index (χ3n) is 3.00. The van der Waals surface area contributed by atoms with E-state index in [0.29, 0.717) is 18.5 Å². The zero-order valence-electron chi connectivity index (χ0n) is 11.2. The maximum Gasteiger partial charge on any atom is 0.141 e. The van der Waals surface area contributed by atoms with Gasteiger partial charge in [-0.2, -0.15) is 0 Å². The summed E-state index contributed by atoms with van der Waals surface area (Å²) in [5.41, 5.74) is 8.29. The number of benzene rings is 2. The van der Waals surface area contributed by atoms with Crippen LogP contribution in [-0.2, 0) is 17.6 Å². The van der Waals surface area contributed by atoms with E-state index >= 15 is 0 Å². The Morgan fingerprint density at radius 2 is 1.70 bits per heavy atom. The SMILES string of the molecule is COc1ccc(CC(=O)Cc2ccc(N)cc2)cc1Br. The van der Waals surface area contributed by atoms with Crippen LogP contribution in [0, 0.1) is 0 Å². The van der Waals surface area contributed by atoms with Gasteiger partial charge in [0.2, 0.25) is 0 Å². The third kappa shape index (κ3) is 3.84. The molecule has 2 aromatic carbocycles. The van der Waals surface area contributed by atoms with Crippen molar-refractivity contribution in [1.29, 1.82) is 0 Å². The van der Waals surface area contributed by atoms with Gasteiger partial charge in [-0.3, -0.25) is 4.79 Å². The molecule has 3 nitrogen and oxygen atoms in total. The lowest BCUT2D eigenvalue weighted by Gasteiger charge is -2.06. The van der Waals surface area contributed by atoms with Gasteiger partial charge in [0.25, 0.3) is 0 Å². The van der Waals surface area contributed by atoms with Crippen molar-refractivity contribution >= 4 is 27.4 Å². The fourth-order valence-electron chi connectivity index (χ4n) is 1.97. The number of hydrogen-bond donors (Lipinski definition) is 1. The van der Waals surface area contributed by atoms with Gasteiger partial charge in [0, 0.05) is 18.5 Å². The highest BCUT2D eigenvalue weighted by molar-refractivity contribution is 9.10. The Labute approximate surface area is 126 Å². The highest BCUT2D eigenvalue weighted by Gasteiger charge is 2.07. The standard InChI is InChI=1S/C16H16BrNO2/c1-20-16-7-4-12(10-15(16)17)9-14(19)8-11-2-5-13(18)6-3-11/h2-7,10H,8-9,18H2,1H3. The number of nitrogens with two attached hydrogens (primary N) is 1. The van der Waals surface area contributed by atoms with E-state index < -0.39 is 0 Å². The summed E-state index contributed by atoms with van der Waals surface area (Å²) < 4.78 is 6.03. The second kappa shape index (κ2) is 6.57. The average molecular weight is 334 g/mol. The van der Waals surface area contributed by atoms with Crippen molar-refractivity contribution < 1.29 is 9.53 Å². The number of nitrogen functional groups attached to an aromatic ring is 1. The highest BCUT2D eigenvalue weighted by atomic mass is 79.9. The number of rotatable bonds is 5. The molecule has 4 heteroatoms. The summed E-state index contributed by atoms with van der Waals surface area (Å²) in [7, 11) is 1.62. The highest BCUT2D eigenvalue weighted by Crippen LogP contribution is 2.25. The molecule has 0 saturated carbocycles. The number of anilines is 1. The lowest BCUT2D eigenvalue weighted by molar-refractivity contribution is -0.117. The summed E-state index contributed by atoms with van der Waals surface area (Å²) >= 11 is 3.42. The summed E-state index contributed by atoms with van der Waals surface area (Å²) in [4.78, 5) is 12.1. The molecule has 2 N–H and O–H groups in total. The van der Waals surface area contributed by atoms with Crippen molar-refractivity contribution in [2.24, 2.45) is 0 Å². The summed E-state index contributed by atoms with van der Waals surface area (Å²) in [5, 5.41) is 0. The number of hydrogen-bond acceptors (Lipinski definition) is 3. The number of carbonyl (C=O) groups is 1. The van der Waals surface area contributed by atoms with Gasteiger partial charge in [-0.05, 0) is 51.3 Å². The fourth-order valence-corrected chi connectivity index (χ4v) is 2.56. The van der Waals surface area contributed by atoms with Crippen LogP contribution in [0.2, 0.25) is 0 Å². The van der Waals surface area contributed by atoms with E-state index in [-0.39, 0.29) is 5.78 Å². The molecule has 0 radical (unpaired) electrons. The number of ketones is 1. The first-order valence-electron chi connectivity index (χ1n) is 6.27. The van der Waals surface area contributed by atoms with Gasteiger partial charge < -0.3 is 10.5 Å². The van der Waals surface area contributed by atoms with Crippen molar-refractivity contribution in [3.63, 3.8) is 0 Å². The van der Waals surface area contributed by atoms with Gasteiger partial charge >= 0.3 is 0 Å². The Hall–Kier alpha value is -1.81. The van der Waals surface area contributed by atoms with E-state index in [1.165, 1.54) is 0 Å². The van der Waals surface area contributed by atoms with Crippen LogP contribution in [0.1, 0.15) is 11.1 Å². The molecule has 0 bridgehead atoms. The maximum atomic E-state index is 12.1. The minimum Gasteiger partial charge on any atom is -0.496 e. The first-order chi connectivity index (χ1) is 9.58. The summed E-state index contributed by atoms with van der Waals surface area (Å²) in [6.07, 6.45) is 0.830. The molecule has 0 aromatic heterocycles. The summed E-state index contributed by atoms with van der Waals surface area (Å²) in [6, 6.07) is 13.1. The molecule has 0 spiro atoms. The molecule has 20 heavy (non-hydrogen) atoms. The second-order valence-corrected chi connectivity index (χ2v) is 5.46. The molecule has 2 aromatic rings. The van der Waals surface area contributed by atoms with Crippen LogP contribution in [0.3, 0.4) is 0 Å². The number of methoxy groups -OCH3 is 1. The Morgan fingerprint density at radius 3 is 2.30 bits per heavy atom. The van der Waals surface area contributed by atoms with Crippen LogP contribution in [0.15, 0.2) is 46.9 Å². The molecule has 0 aliphatic heterocycles. The molecule has 2 rings (SSSR count). The van der Waals surface area contributed by atoms with Gasteiger partial charge in [0.15, 0.2) is 0 Å². The van der Waals surface area contributed by atoms with Gasteiger partial charge in [-0.25, -0.2) is 0 Å². The molecule has 0 saturated heterocycles. The second-order valence-electron chi connectivity index (χ2n) is 4.60. The molecule has 0 fully saturated rings. The van der Waals surface area contributed by atoms with Gasteiger partial charge in [-0.1, -0.05) is 18.2 Å². The van der Waals surface area contributed by atoms with Crippen molar-refractivity contribution in [3.05, 3.63) is 58.1 Å². The Morgan fingerprint density at radius 1 is 1.10 bits per heavy atom. The van der Waals surface area contributed by atoms with Crippen molar-refractivity contribution in [2.45, 2.75) is 12.8 Å². The number of carbonyl (C=O) groups excluding carboxylic acids is 1. The van der Waals surface area contributed by atoms with Crippen LogP contribution in [0.4, 0.5) is 5.69 Å². The summed E-state index contributed by atoms with van der Waals surface area (Å²) in [6.45, 7) is 0. The lowest BCUT2D eigenvalue weighted by atomic mass is 10.0. The average Bonchev–Trinajstić information content (AvgIpc) is 2.41. The zero-order chi connectivity index (χ0) is 14.5. The van der Waals surface area contributed by atoms with E-state index in [4.69, 9.17) is 10.5 Å². The molecule has 104 valence electrons. The van der Waals surface area contributed by atoms with Crippen LogP contribution in [0.5, 0.6) is 5.75 Å². The Kier molecular flexibility index (Phi) is 4.79. The van der Waals surface area contributed by atoms with Crippen molar-refractivity contribution in [2.75, 3.05) is 12.8 Å². The number of halogens is 1. The van der Waals surface area contributed by atoms with Gasteiger partial charge in [0.05, 0.1) is 11.6 Å². The third-order valence-corrected chi connectivity index (χ3v) is 3.62. The van der Waals surface area contributed by atoms with E-state index in [1.54, 1.807) is 7.11 Å². The minimum absolute atomic E-state index is 0.173. The van der Waals surface area contributed by atoms with E-state index in [0.717, 1.165) is 21.3 Å². The molecular weight excluding hydrogens is 318 g/mol. The predicted molar refractivity (Wildman–Crippen MR) is 84.0 cm³/mol. The number of ether oxygens (including phenoxy) is 1. The van der Waals surface area contributed by atoms with E-state index in [9.17, 15) is 4.79 Å². The zero-order valence-corrected chi connectivity index (χ0v) is 12.8. The molecule has 0 heterocycles. The largest absolute Gasteiger partial charge is 0.496 e. The van der Waals surface area contributed by atoms with Crippen molar-refractivity contribution in [3.8, 4) is 5.75 Å². The van der Waals surface area contributed by atoms with E-state index in [1.807, 2.05) is 42.5 Å². The smallest absolute Gasteiger partial charge is 0.141 e. The normalized spacial score (nSPS) is 10.3. The Bertz CT molecular complexity index is 608. The lowest BCUT2D eigenvalue weighted by Crippen LogP contribution is -2.06. The topological polar surface area (TPSA) is 52.3 Å². The molecule has 0 amide bonds. The monoisotopic (exact) mass is 333 g/mol. The fraction of sp³-hybridized carbons (Fsp3) is 0.188. The molecule has 0 unspecified atom stereocenters. The quantitative estimate of drug-likeness (QED) is 0.853. The molecule has 0 aliphatic carbocycles. The van der Waals surface area contributed by atoms with Crippen molar-refractivity contribution in [1.82, 2.24) is 0 Å². The Balaban J connectivity index is 2.01. The van der Waals surface area contributed by atoms with E-state index in [2.05, 4.69) is 15.9 Å². The van der Waals surface area contributed by atoms with Crippen LogP contribution in [-0.4, -0.2) is 12.9 Å². The van der Waals surface area contributed by atoms with Crippen LogP contribution >= 0.6 is 15.9 Å². The predicted octanol–water partition coefficient (Wildman–Crippen LogP) is 3.39. The minimum atomic E-state index is 0.173. The van der Waals surface area contributed by atoms with Crippen LogP contribution < -0.4 is 10.5 Å². The van der Waals surface area contributed by atoms with Crippen LogP contribution in [0.25, 0.3) is 0 Å². The van der Waals surface area contributed by atoms with Gasteiger partial charge in [0.1, 0.15) is 11.5 Å². The first-order valence-corrected chi connectivity index (χ1v) is 7.06. The number of Topliss-reactive ketones (excluding diaryl/α,β-unsaturated/α-hetero) is 1. The maximum absolute atomic E-state index is 12.1. The van der Waals surface area contributed by atoms with Gasteiger partial charge in [-0.15, -0.1) is 0 Å². The summed E-state index contributed by atoms with van der Waals surface area (Å²) in [5.74, 6) is 0.937. The molecule has 0 aliphatic rings. The molecule has 0 atom stereocenters. The first kappa shape index (κ1) is 14.6. The molecular formula is C16H16BrNO2.